The monoisotopic (exact) mass is 286 g/mol. The molecule has 0 radical (unpaired) electrons. The summed E-state index contributed by atoms with van der Waals surface area (Å²) in [5.74, 6) is 0.683. The summed E-state index contributed by atoms with van der Waals surface area (Å²) in [5.41, 5.74) is 1.08. The smallest absolute Gasteiger partial charge is 0.246 e. The Morgan fingerprint density at radius 1 is 1.19 bits per heavy atom. The standard InChI is InChI=1S/C17H22N2O2/c1-2-15-16(20)18-14(10-12-6-4-3-5-7-12)17(21)19(15)11-13-8-9-13/h3-7,13-15H,2,8-11H2,1H3,(H,18,20). The van der Waals surface area contributed by atoms with Crippen molar-refractivity contribution >= 4 is 11.8 Å². The van der Waals surface area contributed by atoms with Gasteiger partial charge in [0.2, 0.25) is 11.8 Å². The van der Waals surface area contributed by atoms with Crippen LogP contribution in [0.1, 0.15) is 31.7 Å². The number of amides is 2. The molecular weight excluding hydrogens is 264 g/mol. The molecule has 112 valence electrons. The van der Waals surface area contributed by atoms with Gasteiger partial charge in [-0.3, -0.25) is 9.59 Å². The van der Waals surface area contributed by atoms with Gasteiger partial charge in [-0.15, -0.1) is 0 Å². The van der Waals surface area contributed by atoms with Crippen LogP contribution < -0.4 is 5.32 Å². The molecule has 4 heteroatoms. The maximum absolute atomic E-state index is 12.7. The fourth-order valence-electron chi connectivity index (χ4n) is 3.01. The van der Waals surface area contributed by atoms with Gasteiger partial charge in [-0.05, 0) is 30.7 Å². The Bertz CT molecular complexity index is 525. The van der Waals surface area contributed by atoms with Crippen LogP contribution in [0.4, 0.5) is 0 Å². The first-order chi connectivity index (χ1) is 10.2. The van der Waals surface area contributed by atoms with Crippen LogP contribution in [0.2, 0.25) is 0 Å². The summed E-state index contributed by atoms with van der Waals surface area (Å²) in [6.45, 7) is 2.71. The van der Waals surface area contributed by atoms with E-state index in [0.29, 0.717) is 18.8 Å². The van der Waals surface area contributed by atoms with Gasteiger partial charge >= 0.3 is 0 Å². The molecule has 1 saturated heterocycles. The van der Waals surface area contributed by atoms with Gasteiger partial charge in [-0.2, -0.15) is 0 Å². The molecule has 0 spiro atoms. The van der Waals surface area contributed by atoms with Crippen LogP contribution in [0, 0.1) is 5.92 Å². The number of hydrogen-bond donors (Lipinski definition) is 1. The molecule has 1 aliphatic carbocycles. The third-order valence-electron chi connectivity index (χ3n) is 4.40. The topological polar surface area (TPSA) is 49.4 Å². The van der Waals surface area contributed by atoms with Crippen LogP contribution >= 0.6 is 0 Å². The highest BCUT2D eigenvalue weighted by atomic mass is 16.2. The second-order valence-corrected chi connectivity index (χ2v) is 6.11. The van der Waals surface area contributed by atoms with Crippen molar-refractivity contribution < 1.29 is 9.59 Å². The number of carbonyl (C=O) groups is 2. The van der Waals surface area contributed by atoms with E-state index in [1.165, 1.54) is 12.8 Å². The van der Waals surface area contributed by atoms with Crippen molar-refractivity contribution in [2.45, 2.75) is 44.7 Å². The molecule has 1 N–H and O–H groups in total. The quantitative estimate of drug-likeness (QED) is 0.896. The third kappa shape index (κ3) is 3.09. The van der Waals surface area contributed by atoms with Gasteiger partial charge in [-0.25, -0.2) is 0 Å². The highest BCUT2D eigenvalue weighted by Crippen LogP contribution is 2.31. The summed E-state index contributed by atoms with van der Waals surface area (Å²) in [6, 6.07) is 9.17. The Balaban J connectivity index is 1.75. The Labute approximate surface area is 125 Å². The van der Waals surface area contributed by atoms with Gasteiger partial charge in [-0.1, -0.05) is 37.3 Å². The first-order valence-electron chi connectivity index (χ1n) is 7.83. The van der Waals surface area contributed by atoms with E-state index in [2.05, 4.69) is 5.32 Å². The molecule has 2 fully saturated rings. The number of carbonyl (C=O) groups excluding carboxylic acids is 2. The summed E-state index contributed by atoms with van der Waals surface area (Å²) >= 11 is 0. The lowest BCUT2D eigenvalue weighted by Gasteiger charge is -2.39. The molecule has 1 aliphatic heterocycles. The lowest BCUT2D eigenvalue weighted by atomic mass is 9.99. The summed E-state index contributed by atoms with van der Waals surface area (Å²) in [6.07, 6.45) is 3.63. The SMILES string of the molecule is CCC1C(=O)NC(Cc2ccccc2)C(=O)N1CC1CC1. The highest BCUT2D eigenvalue weighted by Gasteiger charge is 2.41. The van der Waals surface area contributed by atoms with Crippen LogP contribution in [0.15, 0.2) is 30.3 Å². The van der Waals surface area contributed by atoms with Gasteiger partial charge in [0.1, 0.15) is 12.1 Å². The molecule has 3 rings (SSSR count). The first kappa shape index (κ1) is 14.1. The minimum atomic E-state index is -0.415. The van der Waals surface area contributed by atoms with Crippen LogP contribution in [-0.2, 0) is 16.0 Å². The molecule has 0 bridgehead atoms. The van der Waals surface area contributed by atoms with Gasteiger partial charge in [0.25, 0.3) is 0 Å². The summed E-state index contributed by atoms with van der Waals surface area (Å²) in [5, 5.41) is 2.91. The Hall–Kier alpha value is -1.84. The fourth-order valence-corrected chi connectivity index (χ4v) is 3.01. The summed E-state index contributed by atoms with van der Waals surface area (Å²) in [7, 11) is 0. The maximum atomic E-state index is 12.7. The van der Waals surface area contributed by atoms with Crippen LogP contribution in [0.3, 0.4) is 0 Å². The zero-order chi connectivity index (χ0) is 14.8. The number of piperazine rings is 1. The predicted octanol–water partition coefficient (Wildman–Crippen LogP) is 1.74. The molecule has 0 aromatic heterocycles. The summed E-state index contributed by atoms with van der Waals surface area (Å²) in [4.78, 5) is 26.8. The lowest BCUT2D eigenvalue weighted by molar-refractivity contribution is -0.149. The molecule has 2 aliphatic rings. The van der Waals surface area contributed by atoms with E-state index < -0.39 is 6.04 Å². The number of rotatable bonds is 5. The minimum Gasteiger partial charge on any atom is -0.342 e. The van der Waals surface area contributed by atoms with E-state index in [0.717, 1.165) is 12.1 Å². The van der Waals surface area contributed by atoms with E-state index in [4.69, 9.17) is 0 Å². The van der Waals surface area contributed by atoms with Gasteiger partial charge < -0.3 is 10.2 Å². The molecule has 2 atom stereocenters. The van der Waals surface area contributed by atoms with E-state index >= 15 is 0 Å². The Kier molecular flexibility index (Phi) is 3.95. The van der Waals surface area contributed by atoms with E-state index in [1.54, 1.807) is 0 Å². The molecule has 1 heterocycles. The maximum Gasteiger partial charge on any atom is 0.246 e. The number of hydrogen-bond acceptors (Lipinski definition) is 2. The predicted molar refractivity (Wildman–Crippen MR) is 80.6 cm³/mol. The van der Waals surface area contributed by atoms with Crippen molar-refractivity contribution in [3.05, 3.63) is 35.9 Å². The largest absolute Gasteiger partial charge is 0.342 e. The van der Waals surface area contributed by atoms with E-state index in [1.807, 2.05) is 42.2 Å². The van der Waals surface area contributed by atoms with Crippen molar-refractivity contribution in [3.63, 3.8) is 0 Å². The average Bonchev–Trinajstić information content (AvgIpc) is 3.29. The molecule has 1 aromatic carbocycles. The number of nitrogens with one attached hydrogen (secondary N) is 1. The second kappa shape index (κ2) is 5.88. The van der Waals surface area contributed by atoms with Crippen molar-refractivity contribution in [2.75, 3.05) is 6.54 Å². The zero-order valence-electron chi connectivity index (χ0n) is 12.4. The second-order valence-electron chi connectivity index (χ2n) is 6.11. The van der Waals surface area contributed by atoms with Crippen LogP contribution in [-0.4, -0.2) is 35.3 Å². The Morgan fingerprint density at radius 3 is 2.52 bits per heavy atom. The highest BCUT2D eigenvalue weighted by molar-refractivity contribution is 5.97. The average molecular weight is 286 g/mol. The molecule has 4 nitrogen and oxygen atoms in total. The van der Waals surface area contributed by atoms with E-state index in [-0.39, 0.29) is 17.9 Å². The van der Waals surface area contributed by atoms with Crippen molar-refractivity contribution in [3.8, 4) is 0 Å². The lowest BCUT2D eigenvalue weighted by Crippen LogP contribution is -2.64. The molecule has 2 unspecified atom stereocenters. The molecule has 2 amide bonds. The molecule has 1 saturated carbocycles. The Morgan fingerprint density at radius 2 is 1.90 bits per heavy atom. The summed E-state index contributed by atoms with van der Waals surface area (Å²) < 4.78 is 0. The number of nitrogens with zero attached hydrogens (tertiary/aromatic N) is 1. The third-order valence-corrected chi connectivity index (χ3v) is 4.40. The first-order valence-corrected chi connectivity index (χ1v) is 7.83. The fraction of sp³-hybridized carbons (Fsp3) is 0.529. The van der Waals surface area contributed by atoms with Crippen molar-refractivity contribution in [2.24, 2.45) is 5.92 Å². The van der Waals surface area contributed by atoms with Crippen LogP contribution in [0.5, 0.6) is 0 Å². The molecular formula is C17H22N2O2. The minimum absolute atomic E-state index is 0.00122. The van der Waals surface area contributed by atoms with E-state index in [9.17, 15) is 9.59 Å². The van der Waals surface area contributed by atoms with Gasteiger partial charge in [0, 0.05) is 13.0 Å². The zero-order valence-corrected chi connectivity index (χ0v) is 12.4. The molecule has 21 heavy (non-hydrogen) atoms. The number of benzene rings is 1. The van der Waals surface area contributed by atoms with Gasteiger partial charge in [0.05, 0.1) is 0 Å². The van der Waals surface area contributed by atoms with Gasteiger partial charge in [0.15, 0.2) is 0 Å². The van der Waals surface area contributed by atoms with Crippen LogP contribution in [0.25, 0.3) is 0 Å². The normalized spacial score (nSPS) is 25.9. The van der Waals surface area contributed by atoms with Crippen molar-refractivity contribution in [1.29, 1.82) is 0 Å². The molecule has 1 aromatic rings. The van der Waals surface area contributed by atoms with Crippen molar-refractivity contribution in [1.82, 2.24) is 10.2 Å².